The minimum Gasteiger partial charge on any atom is -0.389 e. The maximum absolute atomic E-state index is 9.51. The standard InChI is InChI=1S/C9H14O/c10-9-6-2-4-7-3-1-5-8(7)9/h5,7,9-10H,1-4,6H2/t7-,9+/m1/s1. The van der Waals surface area contributed by atoms with Crippen LogP contribution in [0.4, 0.5) is 0 Å². The van der Waals surface area contributed by atoms with Crippen molar-refractivity contribution in [1.29, 1.82) is 0 Å². The SMILES string of the molecule is O[C@H]1CCC[C@H]2CCC=C21. The molecule has 0 radical (unpaired) electrons. The van der Waals surface area contributed by atoms with Gasteiger partial charge in [-0.25, -0.2) is 0 Å². The molecular formula is C9H14O. The topological polar surface area (TPSA) is 20.2 Å². The fourth-order valence-corrected chi connectivity index (χ4v) is 2.23. The van der Waals surface area contributed by atoms with Crippen LogP contribution >= 0.6 is 0 Å². The summed E-state index contributed by atoms with van der Waals surface area (Å²) in [7, 11) is 0. The Morgan fingerprint density at radius 1 is 1.30 bits per heavy atom. The fourth-order valence-electron chi connectivity index (χ4n) is 2.23. The molecule has 0 amide bonds. The summed E-state index contributed by atoms with van der Waals surface area (Å²) in [5, 5.41) is 9.51. The highest BCUT2D eigenvalue weighted by atomic mass is 16.3. The molecular weight excluding hydrogens is 124 g/mol. The van der Waals surface area contributed by atoms with E-state index >= 15 is 0 Å². The van der Waals surface area contributed by atoms with Gasteiger partial charge in [-0.3, -0.25) is 0 Å². The molecule has 0 unspecified atom stereocenters. The quantitative estimate of drug-likeness (QED) is 0.507. The van der Waals surface area contributed by atoms with Gasteiger partial charge in [0, 0.05) is 0 Å². The molecule has 1 heteroatoms. The van der Waals surface area contributed by atoms with Crippen LogP contribution in [0.2, 0.25) is 0 Å². The molecule has 0 bridgehead atoms. The second kappa shape index (κ2) is 2.39. The molecule has 10 heavy (non-hydrogen) atoms. The first-order valence-electron chi connectivity index (χ1n) is 4.26. The summed E-state index contributed by atoms with van der Waals surface area (Å²) in [4.78, 5) is 0. The number of rotatable bonds is 0. The second-order valence-electron chi connectivity index (χ2n) is 3.43. The van der Waals surface area contributed by atoms with Gasteiger partial charge in [0.25, 0.3) is 0 Å². The Morgan fingerprint density at radius 3 is 3.00 bits per heavy atom. The van der Waals surface area contributed by atoms with Crippen molar-refractivity contribution in [2.24, 2.45) is 5.92 Å². The molecule has 0 saturated heterocycles. The van der Waals surface area contributed by atoms with Crippen LogP contribution in [-0.2, 0) is 0 Å². The molecule has 2 atom stereocenters. The first-order chi connectivity index (χ1) is 4.88. The smallest absolute Gasteiger partial charge is 0.0752 e. The molecule has 1 saturated carbocycles. The van der Waals surface area contributed by atoms with Crippen molar-refractivity contribution >= 4 is 0 Å². The van der Waals surface area contributed by atoms with E-state index in [1.807, 2.05) is 0 Å². The number of aliphatic hydroxyl groups excluding tert-OH is 1. The van der Waals surface area contributed by atoms with Gasteiger partial charge in [-0.15, -0.1) is 0 Å². The van der Waals surface area contributed by atoms with Crippen LogP contribution in [0.15, 0.2) is 11.6 Å². The summed E-state index contributed by atoms with van der Waals surface area (Å²) < 4.78 is 0. The van der Waals surface area contributed by atoms with Crippen LogP contribution in [0.3, 0.4) is 0 Å². The number of hydrogen-bond donors (Lipinski definition) is 1. The highest BCUT2D eigenvalue weighted by molar-refractivity contribution is 5.18. The van der Waals surface area contributed by atoms with E-state index in [1.54, 1.807) is 0 Å². The van der Waals surface area contributed by atoms with E-state index < -0.39 is 0 Å². The van der Waals surface area contributed by atoms with E-state index in [-0.39, 0.29) is 6.10 Å². The zero-order valence-corrected chi connectivity index (χ0v) is 6.21. The summed E-state index contributed by atoms with van der Waals surface area (Å²) in [5.74, 6) is 0.753. The van der Waals surface area contributed by atoms with Gasteiger partial charge in [-0.1, -0.05) is 6.08 Å². The van der Waals surface area contributed by atoms with E-state index in [0.717, 1.165) is 12.3 Å². The van der Waals surface area contributed by atoms with Crippen molar-refractivity contribution in [3.63, 3.8) is 0 Å². The predicted molar refractivity (Wildman–Crippen MR) is 40.7 cm³/mol. The monoisotopic (exact) mass is 138 g/mol. The summed E-state index contributed by atoms with van der Waals surface area (Å²) in [6.07, 6.45) is 8.22. The second-order valence-corrected chi connectivity index (χ2v) is 3.43. The van der Waals surface area contributed by atoms with Crippen LogP contribution in [0.25, 0.3) is 0 Å². The molecule has 0 aromatic rings. The first kappa shape index (κ1) is 6.41. The average Bonchev–Trinajstić information content (AvgIpc) is 2.36. The third-order valence-electron chi connectivity index (χ3n) is 2.78. The van der Waals surface area contributed by atoms with Crippen molar-refractivity contribution in [2.75, 3.05) is 0 Å². The molecule has 2 aliphatic rings. The predicted octanol–water partition coefficient (Wildman–Crippen LogP) is 1.87. The molecule has 0 aromatic carbocycles. The zero-order valence-electron chi connectivity index (χ0n) is 6.21. The molecule has 56 valence electrons. The Balaban J connectivity index is 2.15. The Hall–Kier alpha value is -0.300. The van der Waals surface area contributed by atoms with Crippen LogP contribution < -0.4 is 0 Å². The van der Waals surface area contributed by atoms with Crippen LogP contribution in [0, 0.1) is 5.92 Å². The van der Waals surface area contributed by atoms with Gasteiger partial charge in [-0.05, 0) is 43.6 Å². The fraction of sp³-hybridized carbons (Fsp3) is 0.778. The number of hydrogen-bond acceptors (Lipinski definition) is 1. The normalized spacial score (nSPS) is 39.1. The molecule has 0 aliphatic heterocycles. The van der Waals surface area contributed by atoms with Crippen molar-refractivity contribution in [1.82, 2.24) is 0 Å². The largest absolute Gasteiger partial charge is 0.389 e. The third kappa shape index (κ3) is 0.891. The van der Waals surface area contributed by atoms with Crippen molar-refractivity contribution in [3.8, 4) is 0 Å². The molecule has 0 spiro atoms. The first-order valence-corrected chi connectivity index (χ1v) is 4.26. The summed E-state index contributed by atoms with van der Waals surface area (Å²) in [6.45, 7) is 0. The van der Waals surface area contributed by atoms with Gasteiger partial charge in [0.15, 0.2) is 0 Å². The molecule has 1 fully saturated rings. The lowest BCUT2D eigenvalue weighted by atomic mass is 9.84. The Morgan fingerprint density at radius 2 is 2.20 bits per heavy atom. The molecule has 0 heterocycles. The summed E-state index contributed by atoms with van der Waals surface area (Å²) >= 11 is 0. The molecule has 1 nitrogen and oxygen atoms in total. The van der Waals surface area contributed by atoms with E-state index in [1.165, 1.54) is 31.3 Å². The highest BCUT2D eigenvalue weighted by Gasteiger charge is 2.28. The lowest BCUT2D eigenvalue weighted by Gasteiger charge is -2.25. The van der Waals surface area contributed by atoms with Gasteiger partial charge < -0.3 is 5.11 Å². The third-order valence-corrected chi connectivity index (χ3v) is 2.78. The highest BCUT2D eigenvalue weighted by Crippen LogP contribution is 2.37. The lowest BCUT2D eigenvalue weighted by molar-refractivity contribution is 0.162. The van der Waals surface area contributed by atoms with Crippen LogP contribution in [-0.4, -0.2) is 11.2 Å². The maximum Gasteiger partial charge on any atom is 0.0752 e. The molecule has 2 rings (SSSR count). The van der Waals surface area contributed by atoms with Crippen LogP contribution in [0.1, 0.15) is 32.1 Å². The molecule has 0 aromatic heterocycles. The minimum absolute atomic E-state index is 0.0822. The van der Waals surface area contributed by atoms with Crippen molar-refractivity contribution in [3.05, 3.63) is 11.6 Å². The zero-order chi connectivity index (χ0) is 6.97. The van der Waals surface area contributed by atoms with E-state index in [4.69, 9.17) is 0 Å². The Bertz CT molecular complexity index is 160. The number of fused-ring (bicyclic) bond motifs is 1. The lowest BCUT2D eigenvalue weighted by Crippen LogP contribution is -2.20. The summed E-state index contributed by atoms with van der Waals surface area (Å²) in [5.41, 5.74) is 1.35. The maximum atomic E-state index is 9.51. The number of allylic oxidation sites excluding steroid dienone is 1. The van der Waals surface area contributed by atoms with Gasteiger partial charge in [0.2, 0.25) is 0 Å². The van der Waals surface area contributed by atoms with Gasteiger partial charge >= 0.3 is 0 Å². The van der Waals surface area contributed by atoms with E-state index in [0.29, 0.717) is 0 Å². The average molecular weight is 138 g/mol. The van der Waals surface area contributed by atoms with Crippen molar-refractivity contribution in [2.45, 2.75) is 38.2 Å². The Labute approximate surface area is 61.8 Å². The summed E-state index contributed by atoms with van der Waals surface area (Å²) in [6, 6.07) is 0. The van der Waals surface area contributed by atoms with Gasteiger partial charge in [0.1, 0.15) is 0 Å². The number of aliphatic hydroxyl groups is 1. The van der Waals surface area contributed by atoms with Crippen molar-refractivity contribution < 1.29 is 5.11 Å². The molecule has 1 N–H and O–H groups in total. The Kier molecular flexibility index (Phi) is 1.53. The van der Waals surface area contributed by atoms with E-state index in [2.05, 4.69) is 6.08 Å². The van der Waals surface area contributed by atoms with E-state index in [9.17, 15) is 5.11 Å². The minimum atomic E-state index is -0.0822. The van der Waals surface area contributed by atoms with Crippen LogP contribution in [0.5, 0.6) is 0 Å². The molecule has 2 aliphatic carbocycles. The van der Waals surface area contributed by atoms with Gasteiger partial charge in [-0.2, -0.15) is 0 Å². The van der Waals surface area contributed by atoms with Gasteiger partial charge in [0.05, 0.1) is 6.10 Å².